The number of halogens is 2. The summed E-state index contributed by atoms with van der Waals surface area (Å²) >= 11 is 0. The third-order valence-electron chi connectivity index (χ3n) is 2.72. The Balaban J connectivity index is 2.51. The molecular weight excluding hydrogens is 236 g/mol. The summed E-state index contributed by atoms with van der Waals surface area (Å²) in [6, 6.07) is 3.79. The van der Waals surface area contributed by atoms with Crippen LogP contribution in [0.4, 0.5) is 8.78 Å². The van der Waals surface area contributed by atoms with E-state index in [1.165, 1.54) is 18.2 Å². The third kappa shape index (κ3) is 4.70. The number of benzene rings is 1. The average Bonchev–Trinajstić information content (AvgIpc) is 2.20. The second-order valence-corrected chi connectivity index (χ2v) is 5.40. The van der Waals surface area contributed by atoms with E-state index in [2.05, 4.69) is 5.32 Å². The molecule has 0 amide bonds. The van der Waals surface area contributed by atoms with E-state index in [-0.39, 0.29) is 12.1 Å². The van der Waals surface area contributed by atoms with Gasteiger partial charge in [-0.2, -0.15) is 0 Å². The van der Waals surface area contributed by atoms with Crippen molar-refractivity contribution in [1.82, 2.24) is 5.32 Å². The summed E-state index contributed by atoms with van der Waals surface area (Å²) in [5.41, 5.74) is -0.853. The SMILES string of the molecule is CC(C)CC(C)(O)CNCc1c(F)cccc1F. The molecule has 2 N–H and O–H groups in total. The fraction of sp³-hybridized carbons (Fsp3) is 0.571. The van der Waals surface area contributed by atoms with Gasteiger partial charge in [0, 0.05) is 18.7 Å². The maximum Gasteiger partial charge on any atom is 0.130 e. The highest BCUT2D eigenvalue weighted by molar-refractivity contribution is 5.19. The number of hydrogen-bond acceptors (Lipinski definition) is 2. The largest absolute Gasteiger partial charge is 0.389 e. The first kappa shape index (κ1) is 15.1. The molecule has 1 atom stereocenters. The lowest BCUT2D eigenvalue weighted by molar-refractivity contribution is 0.0382. The van der Waals surface area contributed by atoms with Gasteiger partial charge in [0.25, 0.3) is 0 Å². The van der Waals surface area contributed by atoms with E-state index >= 15 is 0 Å². The molecule has 2 nitrogen and oxygen atoms in total. The molecule has 0 aliphatic heterocycles. The molecular formula is C14H21F2NO. The zero-order valence-electron chi connectivity index (χ0n) is 11.1. The number of hydrogen-bond donors (Lipinski definition) is 2. The first-order valence-corrected chi connectivity index (χ1v) is 6.18. The Bertz CT molecular complexity index is 371. The molecule has 0 bridgehead atoms. The Kier molecular flexibility index (Phi) is 5.23. The summed E-state index contributed by atoms with van der Waals surface area (Å²) < 4.78 is 26.7. The summed E-state index contributed by atoms with van der Waals surface area (Å²) in [4.78, 5) is 0. The van der Waals surface area contributed by atoms with Crippen LogP contribution in [-0.4, -0.2) is 17.3 Å². The van der Waals surface area contributed by atoms with Crippen LogP contribution in [0.1, 0.15) is 32.8 Å². The predicted molar refractivity (Wildman–Crippen MR) is 68.1 cm³/mol. The number of rotatable bonds is 6. The van der Waals surface area contributed by atoms with E-state index in [4.69, 9.17) is 0 Å². The molecule has 0 fully saturated rings. The van der Waals surface area contributed by atoms with Gasteiger partial charge in [0.05, 0.1) is 5.60 Å². The van der Waals surface area contributed by atoms with Crippen molar-refractivity contribution in [1.29, 1.82) is 0 Å². The molecule has 1 rings (SSSR count). The fourth-order valence-corrected chi connectivity index (χ4v) is 2.11. The summed E-state index contributed by atoms with van der Waals surface area (Å²) in [5, 5.41) is 13.0. The van der Waals surface area contributed by atoms with E-state index in [9.17, 15) is 13.9 Å². The third-order valence-corrected chi connectivity index (χ3v) is 2.72. The van der Waals surface area contributed by atoms with Crippen molar-refractivity contribution in [2.24, 2.45) is 5.92 Å². The summed E-state index contributed by atoms with van der Waals surface area (Å²) in [6.07, 6.45) is 0.639. The molecule has 0 radical (unpaired) electrons. The van der Waals surface area contributed by atoms with Crippen molar-refractivity contribution >= 4 is 0 Å². The van der Waals surface area contributed by atoms with E-state index in [1.54, 1.807) is 6.92 Å². The minimum absolute atomic E-state index is 0.0119. The minimum Gasteiger partial charge on any atom is -0.389 e. The van der Waals surface area contributed by atoms with Crippen LogP contribution in [0, 0.1) is 17.6 Å². The fourth-order valence-electron chi connectivity index (χ4n) is 2.11. The normalized spacial score (nSPS) is 14.8. The van der Waals surface area contributed by atoms with Gasteiger partial charge in [-0.15, -0.1) is 0 Å². The molecule has 1 aromatic carbocycles. The van der Waals surface area contributed by atoms with Crippen LogP contribution in [0.3, 0.4) is 0 Å². The van der Waals surface area contributed by atoms with Crippen LogP contribution < -0.4 is 5.32 Å². The molecule has 0 saturated carbocycles. The van der Waals surface area contributed by atoms with Gasteiger partial charge >= 0.3 is 0 Å². The van der Waals surface area contributed by atoms with Gasteiger partial charge in [-0.1, -0.05) is 19.9 Å². The smallest absolute Gasteiger partial charge is 0.130 e. The van der Waals surface area contributed by atoms with Gasteiger partial charge in [-0.25, -0.2) is 8.78 Å². The highest BCUT2D eigenvalue weighted by atomic mass is 19.1. The first-order valence-electron chi connectivity index (χ1n) is 6.18. The van der Waals surface area contributed by atoms with Gasteiger partial charge in [0.1, 0.15) is 11.6 Å². The van der Waals surface area contributed by atoms with Crippen molar-refractivity contribution in [2.75, 3.05) is 6.54 Å². The molecule has 102 valence electrons. The van der Waals surface area contributed by atoms with Crippen molar-refractivity contribution in [2.45, 2.75) is 39.3 Å². The minimum atomic E-state index is -0.865. The molecule has 0 aromatic heterocycles. The van der Waals surface area contributed by atoms with E-state index in [1.807, 2.05) is 13.8 Å². The van der Waals surface area contributed by atoms with E-state index < -0.39 is 17.2 Å². The standard InChI is InChI=1S/C14H21F2NO/c1-10(2)7-14(3,18)9-17-8-11-12(15)5-4-6-13(11)16/h4-6,10,17-18H,7-9H2,1-3H3. The lowest BCUT2D eigenvalue weighted by Gasteiger charge is -2.25. The van der Waals surface area contributed by atoms with Crippen LogP contribution in [0.15, 0.2) is 18.2 Å². The molecule has 0 heterocycles. The van der Waals surface area contributed by atoms with Crippen molar-refractivity contribution < 1.29 is 13.9 Å². The van der Waals surface area contributed by atoms with Crippen molar-refractivity contribution in [3.05, 3.63) is 35.4 Å². The number of nitrogens with one attached hydrogen (secondary N) is 1. The lowest BCUT2D eigenvalue weighted by atomic mass is 9.94. The number of aliphatic hydroxyl groups is 1. The Morgan fingerprint density at radius 2 is 1.83 bits per heavy atom. The van der Waals surface area contributed by atoms with Gasteiger partial charge in [0.2, 0.25) is 0 Å². The van der Waals surface area contributed by atoms with Gasteiger partial charge in [-0.3, -0.25) is 0 Å². The summed E-state index contributed by atoms with van der Waals surface area (Å²) in [5.74, 6) is -0.760. The van der Waals surface area contributed by atoms with Gasteiger partial charge < -0.3 is 10.4 Å². The maximum atomic E-state index is 13.3. The molecule has 18 heavy (non-hydrogen) atoms. The van der Waals surface area contributed by atoms with E-state index in [0.717, 1.165) is 0 Å². The Labute approximate surface area is 107 Å². The van der Waals surface area contributed by atoms with Crippen molar-refractivity contribution in [3.63, 3.8) is 0 Å². The first-order chi connectivity index (χ1) is 8.32. The Morgan fingerprint density at radius 1 is 1.28 bits per heavy atom. The zero-order chi connectivity index (χ0) is 13.8. The average molecular weight is 257 g/mol. The van der Waals surface area contributed by atoms with Crippen LogP contribution in [0.2, 0.25) is 0 Å². The Morgan fingerprint density at radius 3 is 2.33 bits per heavy atom. The zero-order valence-corrected chi connectivity index (χ0v) is 11.1. The second-order valence-electron chi connectivity index (χ2n) is 5.40. The van der Waals surface area contributed by atoms with Crippen molar-refractivity contribution in [3.8, 4) is 0 Å². The lowest BCUT2D eigenvalue weighted by Crippen LogP contribution is -2.38. The van der Waals surface area contributed by atoms with Crippen LogP contribution in [0.5, 0.6) is 0 Å². The summed E-state index contributed by atoms with van der Waals surface area (Å²) in [6.45, 7) is 6.14. The highest BCUT2D eigenvalue weighted by Gasteiger charge is 2.21. The molecule has 0 aliphatic carbocycles. The van der Waals surface area contributed by atoms with Gasteiger partial charge in [-0.05, 0) is 31.4 Å². The van der Waals surface area contributed by atoms with E-state index in [0.29, 0.717) is 18.9 Å². The second kappa shape index (κ2) is 6.25. The molecule has 4 heteroatoms. The molecule has 1 aromatic rings. The van der Waals surface area contributed by atoms with Crippen LogP contribution in [-0.2, 0) is 6.54 Å². The quantitative estimate of drug-likeness (QED) is 0.821. The highest BCUT2D eigenvalue weighted by Crippen LogP contribution is 2.16. The molecule has 0 spiro atoms. The van der Waals surface area contributed by atoms with Crippen LogP contribution in [0.25, 0.3) is 0 Å². The summed E-state index contributed by atoms with van der Waals surface area (Å²) in [7, 11) is 0. The topological polar surface area (TPSA) is 32.3 Å². The monoisotopic (exact) mass is 257 g/mol. The van der Waals surface area contributed by atoms with Gasteiger partial charge in [0.15, 0.2) is 0 Å². The Hall–Kier alpha value is -1.00. The molecule has 1 unspecified atom stereocenters. The van der Waals surface area contributed by atoms with Crippen LogP contribution >= 0.6 is 0 Å². The predicted octanol–water partition coefficient (Wildman–Crippen LogP) is 2.85. The molecule has 0 saturated heterocycles. The molecule has 0 aliphatic rings. The maximum absolute atomic E-state index is 13.3.